The molecule has 1 aromatic heterocycles. The van der Waals surface area contributed by atoms with Crippen LogP contribution in [0.3, 0.4) is 0 Å². The summed E-state index contributed by atoms with van der Waals surface area (Å²) in [7, 11) is 1.58. The van der Waals surface area contributed by atoms with Crippen molar-refractivity contribution in [2.45, 2.75) is 23.5 Å². The van der Waals surface area contributed by atoms with Gasteiger partial charge in [-0.3, -0.25) is 9.59 Å². The first-order chi connectivity index (χ1) is 15.0. The van der Waals surface area contributed by atoms with Gasteiger partial charge in [0.1, 0.15) is 0 Å². The van der Waals surface area contributed by atoms with Crippen LogP contribution in [-0.4, -0.2) is 29.2 Å². The Kier molecular flexibility index (Phi) is 6.08. The molecule has 158 valence electrons. The van der Waals surface area contributed by atoms with Gasteiger partial charge in [-0.1, -0.05) is 18.2 Å². The molecule has 1 aliphatic heterocycles. The van der Waals surface area contributed by atoms with Crippen LogP contribution in [-0.2, 0) is 9.59 Å². The number of pyridine rings is 1. The molecule has 2 aromatic carbocycles. The Morgan fingerprint density at radius 1 is 1.16 bits per heavy atom. The maximum Gasteiger partial charge on any atom is 0.238 e. The Hall–Kier alpha value is -3.52. The van der Waals surface area contributed by atoms with Crippen LogP contribution in [0, 0.1) is 6.92 Å². The Labute approximate surface area is 184 Å². The largest absolute Gasteiger partial charge is 0.493 e. The van der Waals surface area contributed by atoms with Gasteiger partial charge in [0.25, 0.3) is 0 Å². The fourth-order valence-electron chi connectivity index (χ4n) is 3.09. The van der Waals surface area contributed by atoms with E-state index in [0.29, 0.717) is 23.1 Å². The first kappa shape index (κ1) is 20.7. The number of ether oxygens (including phenoxy) is 2. The molecule has 0 bridgehead atoms. The Balaban J connectivity index is 1.36. The fourth-order valence-corrected chi connectivity index (χ4v) is 4.20. The van der Waals surface area contributed by atoms with Crippen molar-refractivity contribution in [2.24, 2.45) is 0 Å². The van der Waals surface area contributed by atoms with Crippen molar-refractivity contribution in [1.82, 2.24) is 4.98 Å². The van der Waals surface area contributed by atoms with Gasteiger partial charge in [0.15, 0.2) is 11.5 Å². The van der Waals surface area contributed by atoms with Crippen molar-refractivity contribution in [3.63, 3.8) is 0 Å². The van der Waals surface area contributed by atoms with E-state index in [4.69, 9.17) is 9.47 Å². The molecule has 0 saturated carbocycles. The highest BCUT2D eigenvalue weighted by atomic mass is 32.2. The molecule has 0 fully saturated rings. The van der Waals surface area contributed by atoms with Gasteiger partial charge in [-0.15, -0.1) is 11.8 Å². The summed E-state index contributed by atoms with van der Waals surface area (Å²) in [5.74, 6) is 1.11. The summed E-state index contributed by atoms with van der Waals surface area (Å²) in [6, 6.07) is 16.5. The minimum absolute atomic E-state index is 0.0592. The number of amides is 2. The molecule has 2 N–H and O–H groups in total. The molecule has 2 heterocycles. The summed E-state index contributed by atoms with van der Waals surface area (Å²) in [4.78, 5) is 29.9. The number of benzene rings is 2. The summed E-state index contributed by atoms with van der Waals surface area (Å²) in [6.45, 7) is 1.97. The standard InChI is InChI=1S/C23H21N3O4S/c1-14-7-9-17(18(11-14)29-2)30-22-10-8-15(13-24-22)25-21(27)12-20-23(28)26-16-5-3-4-6-19(16)31-20/h3-11,13,20H,12H2,1-2H3,(H,25,27)(H,26,28). The Morgan fingerprint density at radius 3 is 2.77 bits per heavy atom. The van der Waals surface area contributed by atoms with Crippen LogP contribution in [0.25, 0.3) is 0 Å². The highest BCUT2D eigenvalue weighted by Crippen LogP contribution is 2.36. The number of para-hydroxylation sites is 1. The quantitative estimate of drug-likeness (QED) is 0.587. The van der Waals surface area contributed by atoms with E-state index in [0.717, 1.165) is 16.1 Å². The van der Waals surface area contributed by atoms with E-state index in [1.807, 2.05) is 49.4 Å². The molecule has 0 spiro atoms. The molecular weight excluding hydrogens is 414 g/mol. The second kappa shape index (κ2) is 9.09. The minimum atomic E-state index is -0.487. The van der Waals surface area contributed by atoms with Crippen molar-refractivity contribution in [2.75, 3.05) is 17.7 Å². The zero-order valence-electron chi connectivity index (χ0n) is 17.0. The van der Waals surface area contributed by atoms with Gasteiger partial charge in [0, 0.05) is 17.4 Å². The number of methoxy groups -OCH3 is 1. The SMILES string of the molecule is COc1cc(C)ccc1Oc1ccc(NC(=O)CC2Sc3ccccc3NC2=O)cn1. The second-order valence-electron chi connectivity index (χ2n) is 6.99. The van der Waals surface area contributed by atoms with E-state index in [9.17, 15) is 9.59 Å². The Bertz CT molecular complexity index is 1120. The fraction of sp³-hybridized carbons (Fsp3) is 0.174. The molecule has 1 atom stereocenters. The lowest BCUT2D eigenvalue weighted by Crippen LogP contribution is -2.32. The van der Waals surface area contributed by atoms with Crippen molar-refractivity contribution in [1.29, 1.82) is 0 Å². The maximum atomic E-state index is 12.4. The first-order valence-corrected chi connectivity index (χ1v) is 10.5. The average Bonchev–Trinajstić information content (AvgIpc) is 2.76. The highest BCUT2D eigenvalue weighted by molar-refractivity contribution is 8.01. The third kappa shape index (κ3) is 4.97. The molecule has 8 heteroatoms. The van der Waals surface area contributed by atoms with Gasteiger partial charge in [-0.05, 0) is 42.8 Å². The number of thioether (sulfide) groups is 1. The van der Waals surface area contributed by atoms with E-state index in [1.54, 1.807) is 19.2 Å². The monoisotopic (exact) mass is 435 g/mol. The lowest BCUT2D eigenvalue weighted by Gasteiger charge is -2.23. The van der Waals surface area contributed by atoms with Crippen molar-refractivity contribution in [3.05, 3.63) is 66.4 Å². The average molecular weight is 436 g/mol. The number of carbonyl (C=O) groups excluding carboxylic acids is 2. The van der Waals surface area contributed by atoms with Crippen LogP contribution in [0.15, 0.2) is 65.7 Å². The molecule has 3 aromatic rings. The van der Waals surface area contributed by atoms with Crippen LogP contribution in [0.1, 0.15) is 12.0 Å². The van der Waals surface area contributed by atoms with E-state index in [-0.39, 0.29) is 18.2 Å². The van der Waals surface area contributed by atoms with Gasteiger partial charge in [0.2, 0.25) is 17.7 Å². The molecule has 4 rings (SSSR count). The lowest BCUT2D eigenvalue weighted by atomic mass is 10.2. The number of nitrogens with one attached hydrogen (secondary N) is 2. The topological polar surface area (TPSA) is 89.5 Å². The zero-order chi connectivity index (χ0) is 21.8. The van der Waals surface area contributed by atoms with Crippen LogP contribution >= 0.6 is 11.8 Å². The summed E-state index contributed by atoms with van der Waals surface area (Å²) in [5.41, 5.74) is 2.36. The Morgan fingerprint density at radius 2 is 2.00 bits per heavy atom. The maximum absolute atomic E-state index is 12.4. The predicted octanol–water partition coefficient (Wildman–Crippen LogP) is 4.63. The van der Waals surface area contributed by atoms with Gasteiger partial charge in [-0.2, -0.15) is 0 Å². The molecular formula is C23H21N3O4S. The third-order valence-electron chi connectivity index (χ3n) is 4.63. The smallest absolute Gasteiger partial charge is 0.238 e. The molecule has 0 radical (unpaired) electrons. The second-order valence-corrected chi connectivity index (χ2v) is 8.23. The number of aromatic nitrogens is 1. The number of hydrogen-bond donors (Lipinski definition) is 2. The number of fused-ring (bicyclic) bond motifs is 1. The summed E-state index contributed by atoms with van der Waals surface area (Å²) >= 11 is 1.39. The van der Waals surface area contributed by atoms with Crippen LogP contribution in [0.4, 0.5) is 11.4 Å². The van der Waals surface area contributed by atoms with E-state index < -0.39 is 5.25 Å². The normalized spacial score (nSPS) is 14.9. The van der Waals surface area contributed by atoms with E-state index in [2.05, 4.69) is 15.6 Å². The molecule has 31 heavy (non-hydrogen) atoms. The van der Waals surface area contributed by atoms with Crippen LogP contribution in [0.2, 0.25) is 0 Å². The number of hydrogen-bond acceptors (Lipinski definition) is 6. The number of rotatable bonds is 6. The number of nitrogens with zero attached hydrogens (tertiary/aromatic N) is 1. The lowest BCUT2D eigenvalue weighted by molar-refractivity contribution is -0.120. The minimum Gasteiger partial charge on any atom is -0.493 e. The molecule has 0 aliphatic carbocycles. The van der Waals surface area contributed by atoms with E-state index in [1.165, 1.54) is 18.0 Å². The van der Waals surface area contributed by atoms with Crippen LogP contribution in [0.5, 0.6) is 17.4 Å². The van der Waals surface area contributed by atoms with Gasteiger partial charge in [-0.25, -0.2) is 4.98 Å². The first-order valence-electron chi connectivity index (χ1n) is 9.67. The van der Waals surface area contributed by atoms with Crippen molar-refractivity contribution in [3.8, 4) is 17.4 Å². The van der Waals surface area contributed by atoms with Crippen LogP contribution < -0.4 is 20.1 Å². The summed E-state index contributed by atoms with van der Waals surface area (Å²) < 4.78 is 11.1. The molecule has 2 amide bonds. The zero-order valence-corrected chi connectivity index (χ0v) is 17.9. The summed E-state index contributed by atoms with van der Waals surface area (Å²) in [6.07, 6.45) is 1.57. The number of carbonyl (C=O) groups is 2. The van der Waals surface area contributed by atoms with Gasteiger partial charge < -0.3 is 20.1 Å². The summed E-state index contributed by atoms with van der Waals surface area (Å²) in [5, 5.41) is 5.14. The molecule has 1 aliphatic rings. The van der Waals surface area contributed by atoms with Crippen molar-refractivity contribution < 1.29 is 19.1 Å². The third-order valence-corrected chi connectivity index (χ3v) is 5.91. The predicted molar refractivity (Wildman–Crippen MR) is 120 cm³/mol. The molecule has 7 nitrogen and oxygen atoms in total. The number of aryl methyl sites for hydroxylation is 1. The molecule has 1 unspecified atom stereocenters. The van der Waals surface area contributed by atoms with Gasteiger partial charge >= 0.3 is 0 Å². The van der Waals surface area contributed by atoms with Gasteiger partial charge in [0.05, 0.1) is 29.9 Å². The number of anilines is 2. The highest BCUT2D eigenvalue weighted by Gasteiger charge is 2.28. The van der Waals surface area contributed by atoms with Crippen molar-refractivity contribution >= 4 is 35.0 Å². The molecule has 0 saturated heterocycles. The van der Waals surface area contributed by atoms with E-state index >= 15 is 0 Å².